The summed E-state index contributed by atoms with van der Waals surface area (Å²) < 4.78 is 1.52. The molecule has 2 N–H and O–H groups in total. The number of benzene rings is 2. The predicted octanol–water partition coefficient (Wildman–Crippen LogP) is 3.10. The Bertz CT molecular complexity index is 1250. The molecule has 196 valence electrons. The number of nitrogens with zero attached hydrogens (tertiary/aromatic N) is 6. The van der Waals surface area contributed by atoms with Crippen molar-refractivity contribution < 1.29 is 9.59 Å². The number of fused-ring (bicyclic) bond motifs is 1. The average molecular weight is 505 g/mol. The van der Waals surface area contributed by atoms with E-state index in [0.717, 1.165) is 25.9 Å². The molecule has 1 aliphatic carbocycles. The van der Waals surface area contributed by atoms with Gasteiger partial charge in [0.2, 0.25) is 0 Å². The molecule has 37 heavy (non-hydrogen) atoms. The molecule has 0 radical (unpaired) electrons. The second-order valence-corrected chi connectivity index (χ2v) is 9.91. The highest BCUT2D eigenvalue weighted by Crippen LogP contribution is 2.24. The molecule has 0 fully saturated rings. The number of unbranched alkanes of at least 4 members (excludes halogenated alkanes) is 1. The Hall–Kier alpha value is -3.79. The van der Waals surface area contributed by atoms with Gasteiger partial charge < -0.3 is 20.4 Å². The third-order valence-corrected chi connectivity index (χ3v) is 6.59. The van der Waals surface area contributed by atoms with Crippen molar-refractivity contribution in [3.05, 3.63) is 58.7 Å². The first-order chi connectivity index (χ1) is 17.8. The number of aromatic nitrogens is 4. The molecular formula is C27H36N8O2. The molecule has 1 heterocycles. The van der Waals surface area contributed by atoms with Crippen molar-refractivity contribution in [3.63, 3.8) is 0 Å². The minimum atomic E-state index is -0.317. The van der Waals surface area contributed by atoms with Crippen LogP contribution in [0.5, 0.6) is 0 Å². The third-order valence-electron chi connectivity index (χ3n) is 6.59. The molecular weight excluding hydrogens is 468 g/mol. The van der Waals surface area contributed by atoms with Gasteiger partial charge in [0.25, 0.3) is 5.91 Å². The minimum Gasteiger partial charge on any atom is -0.345 e. The zero-order valence-corrected chi connectivity index (χ0v) is 22.1. The average Bonchev–Trinajstić information content (AvgIpc) is 3.51. The Kier molecular flexibility index (Phi) is 8.50. The molecule has 0 unspecified atom stereocenters. The topological polar surface area (TPSA) is 108 Å². The number of aryl methyl sites for hydroxylation is 3. The summed E-state index contributed by atoms with van der Waals surface area (Å²) in [5.41, 5.74) is 5.96. The zero-order valence-electron chi connectivity index (χ0n) is 22.1. The number of nitrogens with one attached hydrogen (secondary N) is 2. The molecule has 0 saturated heterocycles. The maximum absolute atomic E-state index is 12.6. The van der Waals surface area contributed by atoms with Crippen LogP contribution in [0.4, 0.5) is 10.5 Å². The normalized spacial score (nSPS) is 12.5. The van der Waals surface area contributed by atoms with Gasteiger partial charge in [-0.1, -0.05) is 18.2 Å². The van der Waals surface area contributed by atoms with E-state index in [1.807, 2.05) is 0 Å². The fourth-order valence-corrected chi connectivity index (χ4v) is 4.68. The lowest BCUT2D eigenvalue weighted by atomic mass is 10.1. The van der Waals surface area contributed by atoms with Crippen LogP contribution in [0.2, 0.25) is 0 Å². The van der Waals surface area contributed by atoms with Crippen LogP contribution in [0.15, 0.2) is 36.4 Å². The molecule has 1 aromatic heterocycles. The second kappa shape index (κ2) is 12.0. The van der Waals surface area contributed by atoms with Gasteiger partial charge in [-0.25, -0.2) is 9.48 Å². The highest BCUT2D eigenvalue weighted by atomic mass is 16.2. The number of carbonyl (C=O) groups excluding carboxylic acids is 2. The summed E-state index contributed by atoms with van der Waals surface area (Å²) in [5.74, 6) is 0.324. The molecule has 0 saturated carbocycles. The highest BCUT2D eigenvalue weighted by molar-refractivity contribution is 5.98. The van der Waals surface area contributed by atoms with Crippen molar-refractivity contribution in [2.75, 3.05) is 39.5 Å². The summed E-state index contributed by atoms with van der Waals surface area (Å²) in [6.45, 7) is 2.46. The van der Waals surface area contributed by atoms with Crippen LogP contribution in [0.1, 0.15) is 46.3 Å². The molecule has 0 atom stereocenters. The van der Waals surface area contributed by atoms with Gasteiger partial charge in [-0.2, -0.15) is 0 Å². The van der Waals surface area contributed by atoms with E-state index in [1.54, 1.807) is 39.3 Å². The van der Waals surface area contributed by atoms with Crippen molar-refractivity contribution in [1.82, 2.24) is 35.3 Å². The zero-order chi connectivity index (χ0) is 26.4. The van der Waals surface area contributed by atoms with Gasteiger partial charge in [-0.05, 0) is 91.0 Å². The van der Waals surface area contributed by atoms with Crippen molar-refractivity contribution in [2.45, 2.75) is 38.6 Å². The molecule has 0 aliphatic heterocycles. The molecule has 10 heteroatoms. The van der Waals surface area contributed by atoms with Crippen LogP contribution in [0.3, 0.4) is 0 Å². The number of hydrogen-bond acceptors (Lipinski definition) is 6. The van der Waals surface area contributed by atoms with E-state index >= 15 is 0 Å². The first-order valence-corrected chi connectivity index (χ1v) is 12.7. The summed E-state index contributed by atoms with van der Waals surface area (Å²) >= 11 is 0. The van der Waals surface area contributed by atoms with Crippen LogP contribution >= 0.6 is 0 Å². The van der Waals surface area contributed by atoms with E-state index in [1.165, 1.54) is 45.5 Å². The van der Waals surface area contributed by atoms with Gasteiger partial charge >= 0.3 is 6.03 Å². The maximum atomic E-state index is 12.6. The number of urea groups is 1. The number of rotatable bonds is 10. The summed E-state index contributed by atoms with van der Waals surface area (Å²) in [7, 11) is 7.22. The van der Waals surface area contributed by atoms with Gasteiger partial charge in [0.05, 0.1) is 0 Å². The smallest absolute Gasteiger partial charge is 0.319 e. The third kappa shape index (κ3) is 6.91. The predicted molar refractivity (Wildman–Crippen MR) is 143 cm³/mol. The van der Waals surface area contributed by atoms with E-state index < -0.39 is 0 Å². The largest absolute Gasteiger partial charge is 0.345 e. The summed E-state index contributed by atoms with van der Waals surface area (Å²) in [6.07, 6.45) is 5.55. The molecule has 10 nitrogen and oxygen atoms in total. The number of anilines is 1. The summed E-state index contributed by atoms with van der Waals surface area (Å²) in [5, 5.41) is 17.3. The number of hydrogen-bond donors (Lipinski definition) is 2. The van der Waals surface area contributed by atoms with Crippen molar-refractivity contribution in [1.29, 1.82) is 0 Å². The van der Waals surface area contributed by atoms with Crippen LogP contribution in [-0.4, -0.2) is 76.2 Å². The monoisotopic (exact) mass is 504 g/mol. The number of tetrazole rings is 1. The van der Waals surface area contributed by atoms with Crippen LogP contribution in [-0.2, 0) is 26.4 Å². The van der Waals surface area contributed by atoms with E-state index in [-0.39, 0.29) is 11.9 Å². The molecule has 4 rings (SSSR count). The van der Waals surface area contributed by atoms with Gasteiger partial charge in [-0.3, -0.25) is 4.79 Å². The lowest BCUT2D eigenvalue weighted by Crippen LogP contribution is -2.30. The second-order valence-electron chi connectivity index (χ2n) is 9.91. The molecule has 0 bridgehead atoms. The molecule has 2 aromatic carbocycles. The minimum absolute atomic E-state index is 0.176. The van der Waals surface area contributed by atoms with Gasteiger partial charge in [-0.15, -0.1) is 5.10 Å². The van der Waals surface area contributed by atoms with E-state index in [9.17, 15) is 9.59 Å². The lowest BCUT2D eigenvalue weighted by Gasteiger charge is -2.17. The van der Waals surface area contributed by atoms with Crippen molar-refractivity contribution in [3.8, 4) is 11.4 Å². The Labute approximate surface area is 218 Å². The fraction of sp³-hybridized carbons (Fsp3) is 0.444. The Morgan fingerprint density at radius 2 is 1.84 bits per heavy atom. The molecule has 3 aromatic rings. The van der Waals surface area contributed by atoms with Crippen molar-refractivity contribution in [2.24, 2.45) is 7.05 Å². The van der Waals surface area contributed by atoms with Crippen LogP contribution < -0.4 is 10.6 Å². The molecule has 1 aliphatic rings. The molecule has 3 amide bonds. The van der Waals surface area contributed by atoms with Gasteiger partial charge in [0.1, 0.15) is 0 Å². The lowest BCUT2D eigenvalue weighted by molar-refractivity contribution is 0.0827. The number of amides is 3. The first-order valence-electron chi connectivity index (χ1n) is 12.7. The van der Waals surface area contributed by atoms with E-state index in [2.05, 4.69) is 56.3 Å². The summed E-state index contributed by atoms with van der Waals surface area (Å²) in [4.78, 5) is 28.9. The number of carbonyl (C=O) groups is 2. The Balaban J connectivity index is 1.25. The van der Waals surface area contributed by atoms with E-state index in [4.69, 9.17) is 0 Å². The standard InChI is InChI=1S/C27H36N8O2/c1-33(2)26(36)23-15-22(25-30-31-32-35(25)4)16-24(17-23)29-27(37)28-12-5-6-13-34(3)18-19-10-11-20-8-7-9-21(20)14-19/h10-11,14-17H,5-9,12-13,18H2,1-4H3,(H2,28,29,37). The quantitative estimate of drug-likeness (QED) is 0.411. The van der Waals surface area contributed by atoms with Crippen LogP contribution in [0.25, 0.3) is 11.4 Å². The van der Waals surface area contributed by atoms with Gasteiger partial charge in [0, 0.05) is 51.0 Å². The molecule has 0 spiro atoms. The van der Waals surface area contributed by atoms with Crippen molar-refractivity contribution >= 4 is 17.6 Å². The Morgan fingerprint density at radius 1 is 1.03 bits per heavy atom. The van der Waals surface area contributed by atoms with E-state index in [0.29, 0.717) is 29.2 Å². The fourth-order valence-electron chi connectivity index (χ4n) is 4.68. The Morgan fingerprint density at radius 3 is 2.59 bits per heavy atom. The SMILES string of the molecule is CN(CCCCNC(=O)Nc1cc(C(=O)N(C)C)cc(-c2nnnn2C)c1)Cc1ccc2c(c1)CCC2. The van der Waals surface area contributed by atoms with Crippen LogP contribution in [0, 0.1) is 0 Å². The van der Waals surface area contributed by atoms with Gasteiger partial charge in [0.15, 0.2) is 5.82 Å². The summed E-state index contributed by atoms with van der Waals surface area (Å²) in [6, 6.07) is 11.7. The highest BCUT2D eigenvalue weighted by Gasteiger charge is 2.16. The first kappa shape index (κ1) is 26.3. The maximum Gasteiger partial charge on any atom is 0.319 e.